The SMILES string of the molecule is c1ccc(COc2cc3ncc(-c4ccccc4)n3c3ccccc23)cc1. The van der Waals surface area contributed by atoms with Crippen molar-refractivity contribution in [1.29, 1.82) is 0 Å². The molecule has 0 saturated heterocycles. The molecule has 0 saturated carbocycles. The number of ether oxygens (including phenoxy) is 1. The van der Waals surface area contributed by atoms with Crippen molar-refractivity contribution in [3.05, 3.63) is 103 Å². The third kappa shape index (κ3) is 2.83. The number of imidazole rings is 1. The lowest BCUT2D eigenvalue weighted by atomic mass is 10.1. The maximum atomic E-state index is 6.18. The van der Waals surface area contributed by atoms with Crippen LogP contribution < -0.4 is 4.74 Å². The first kappa shape index (κ1) is 15.6. The Labute approximate surface area is 157 Å². The molecule has 0 aliphatic carbocycles. The first-order valence-corrected chi connectivity index (χ1v) is 9.01. The van der Waals surface area contributed by atoms with Gasteiger partial charge in [-0.2, -0.15) is 0 Å². The average molecular weight is 350 g/mol. The summed E-state index contributed by atoms with van der Waals surface area (Å²) in [6.07, 6.45) is 1.93. The molecule has 0 aliphatic heterocycles. The van der Waals surface area contributed by atoms with Crippen molar-refractivity contribution in [2.45, 2.75) is 6.61 Å². The van der Waals surface area contributed by atoms with E-state index < -0.39 is 0 Å². The summed E-state index contributed by atoms with van der Waals surface area (Å²) in [6.45, 7) is 0.535. The Hall–Kier alpha value is -3.59. The number of hydrogen-bond donors (Lipinski definition) is 0. The summed E-state index contributed by atoms with van der Waals surface area (Å²) in [5.41, 5.74) is 5.35. The van der Waals surface area contributed by atoms with Crippen LogP contribution in [0.2, 0.25) is 0 Å². The molecule has 0 fully saturated rings. The van der Waals surface area contributed by atoms with Gasteiger partial charge in [0.25, 0.3) is 0 Å². The molecule has 0 atom stereocenters. The van der Waals surface area contributed by atoms with E-state index in [4.69, 9.17) is 4.74 Å². The Kier molecular flexibility index (Phi) is 3.83. The van der Waals surface area contributed by atoms with Gasteiger partial charge in [0.05, 0.1) is 17.4 Å². The highest BCUT2D eigenvalue weighted by molar-refractivity contribution is 5.90. The number of pyridine rings is 1. The van der Waals surface area contributed by atoms with Crippen LogP contribution in [0.15, 0.2) is 97.2 Å². The number of hydrogen-bond acceptors (Lipinski definition) is 2. The quantitative estimate of drug-likeness (QED) is 0.413. The smallest absolute Gasteiger partial charge is 0.141 e. The van der Waals surface area contributed by atoms with Crippen LogP contribution in [-0.4, -0.2) is 9.38 Å². The van der Waals surface area contributed by atoms with Crippen LogP contribution >= 0.6 is 0 Å². The van der Waals surface area contributed by atoms with Crippen molar-refractivity contribution in [1.82, 2.24) is 9.38 Å². The lowest BCUT2D eigenvalue weighted by Crippen LogP contribution is -1.99. The predicted octanol–water partition coefficient (Wildman–Crippen LogP) is 5.73. The second kappa shape index (κ2) is 6.61. The zero-order valence-corrected chi connectivity index (χ0v) is 14.7. The van der Waals surface area contributed by atoms with Gasteiger partial charge in [-0.3, -0.25) is 4.40 Å². The average Bonchev–Trinajstić information content (AvgIpc) is 3.17. The number of rotatable bonds is 4. The minimum absolute atomic E-state index is 0.535. The van der Waals surface area contributed by atoms with E-state index in [2.05, 4.69) is 51.8 Å². The Bertz CT molecular complexity index is 1210. The molecule has 0 aliphatic rings. The van der Waals surface area contributed by atoms with Crippen molar-refractivity contribution < 1.29 is 4.74 Å². The molecule has 5 rings (SSSR count). The third-order valence-electron chi connectivity index (χ3n) is 4.77. The van der Waals surface area contributed by atoms with Crippen molar-refractivity contribution >= 4 is 16.6 Å². The molecule has 0 unspecified atom stereocenters. The second-order valence-corrected chi connectivity index (χ2v) is 6.50. The van der Waals surface area contributed by atoms with Crippen LogP contribution in [0.5, 0.6) is 5.75 Å². The summed E-state index contributed by atoms with van der Waals surface area (Å²) >= 11 is 0. The molecule has 5 aromatic rings. The second-order valence-electron chi connectivity index (χ2n) is 6.50. The molecule has 130 valence electrons. The zero-order valence-electron chi connectivity index (χ0n) is 14.7. The van der Waals surface area contributed by atoms with Gasteiger partial charge in [-0.05, 0) is 17.7 Å². The molecule has 0 bridgehead atoms. The van der Waals surface area contributed by atoms with Crippen LogP contribution in [0.4, 0.5) is 0 Å². The Balaban J connectivity index is 1.65. The first-order chi connectivity index (χ1) is 13.4. The molecule has 3 heteroatoms. The van der Waals surface area contributed by atoms with Crippen molar-refractivity contribution in [3.63, 3.8) is 0 Å². The van der Waals surface area contributed by atoms with Gasteiger partial charge in [-0.25, -0.2) is 4.98 Å². The van der Waals surface area contributed by atoms with Crippen molar-refractivity contribution in [2.75, 3.05) is 0 Å². The summed E-state index contributed by atoms with van der Waals surface area (Å²) in [4.78, 5) is 4.64. The van der Waals surface area contributed by atoms with E-state index in [1.807, 2.05) is 54.7 Å². The number of para-hydroxylation sites is 1. The summed E-state index contributed by atoms with van der Waals surface area (Å²) in [5.74, 6) is 0.854. The van der Waals surface area contributed by atoms with Crippen LogP contribution in [0.3, 0.4) is 0 Å². The van der Waals surface area contributed by atoms with E-state index in [9.17, 15) is 0 Å². The highest BCUT2D eigenvalue weighted by Crippen LogP contribution is 2.32. The monoisotopic (exact) mass is 350 g/mol. The van der Waals surface area contributed by atoms with Crippen LogP contribution in [0.25, 0.3) is 27.8 Å². The molecule has 0 N–H and O–H groups in total. The topological polar surface area (TPSA) is 26.5 Å². The summed E-state index contributed by atoms with van der Waals surface area (Å²) < 4.78 is 8.37. The zero-order chi connectivity index (χ0) is 18.1. The molecule has 2 heterocycles. The number of fused-ring (bicyclic) bond motifs is 3. The number of benzene rings is 3. The molecule has 3 nitrogen and oxygen atoms in total. The molecule has 0 radical (unpaired) electrons. The third-order valence-corrected chi connectivity index (χ3v) is 4.77. The van der Waals surface area contributed by atoms with Gasteiger partial charge in [0.1, 0.15) is 18.0 Å². The summed E-state index contributed by atoms with van der Waals surface area (Å²) in [7, 11) is 0. The fourth-order valence-electron chi connectivity index (χ4n) is 3.46. The minimum Gasteiger partial charge on any atom is -0.488 e. The fourth-order valence-corrected chi connectivity index (χ4v) is 3.46. The summed E-state index contributed by atoms with van der Waals surface area (Å²) in [6, 6.07) is 30.9. The van der Waals surface area contributed by atoms with Gasteiger partial charge < -0.3 is 4.74 Å². The fraction of sp³-hybridized carbons (Fsp3) is 0.0417. The van der Waals surface area contributed by atoms with E-state index in [1.54, 1.807) is 0 Å². The molecule has 0 amide bonds. The standard InChI is InChI=1S/C24H18N2O/c1-3-9-18(10-4-1)17-27-23-15-24-25-16-22(19-11-5-2-6-12-19)26(24)21-14-8-7-13-20(21)23/h1-16H,17H2. The van der Waals surface area contributed by atoms with Crippen molar-refractivity contribution in [2.24, 2.45) is 0 Å². The maximum absolute atomic E-state index is 6.18. The van der Waals surface area contributed by atoms with E-state index in [0.29, 0.717) is 6.61 Å². The van der Waals surface area contributed by atoms with Crippen molar-refractivity contribution in [3.8, 4) is 17.0 Å². The van der Waals surface area contributed by atoms with Crippen LogP contribution in [0.1, 0.15) is 5.56 Å². The van der Waals surface area contributed by atoms with Gasteiger partial charge in [0, 0.05) is 17.0 Å². The van der Waals surface area contributed by atoms with E-state index in [0.717, 1.165) is 39.1 Å². The molecule has 2 aromatic heterocycles. The van der Waals surface area contributed by atoms with Gasteiger partial charge in [-0.15, -0.1) is 0 Å². The first-order valence-electron chi connectivity index (χ1n) is 9.01. The molecular formula is C24H18N2O. The van der Waals surface area contributed by atoms with E-state index in [-0.39, 0.29) is 0 Å². The highest BCUT2D eigenvalue weighted by Gasteiger charge is 2.13. The molecule has 3 aromatic carbocycles. The van der Waals surface area contributed by atoms with Gasteiger partial charge >= 0.3 is 0 Å². The Morgan fingerprint density at radius 3 is 2.30 bits per heavy atom. The highest BCUT2D eigenvalue weighted by atomic mass is 16.5. The lowest BCUT2D eigenvalue weighted by Gasteiger charge is -2.12. The lowest BCUT2D eigenvalue weighted by molar-refractivity contribution is 0.310. The molecule has 27 heavy (non-hydrogen) atoms. The summed E-state index contributed by atoms with van der Waals surface area (Å²) in [5, 5.41) is 1.08. The van der Waals surface area contributed by atoms with Gasteiger partial charge in [0.15, 0.2) is 0 Å². The molecule has 0 spiro atoms. The van der Waals surface area contributed by atoms with E-state index in [1.165, 1.54) is 0 Å². The normalized spacial score (nSPS) is 11.1. The molecular weight excluding hydrogens is 332 g/mol. The minimum atomic E-state index is 0.535. The largest absolute Gasteiger partial charge is 0.488 e. The van der Waals surface area contributed by atoms with E-state index >= 15 is 0 Å². The number of nitrogens with zero attached hydrogens (tertiary/aromatic N) is 2. The van der Waals surface area contributed by atoms with Gasteiger partial charge in [0.2, 0.25) is 0 Å². The Morgan fingerprint density at radius 1 is 0.778 bits per heavy atom. The predicted molar refractivity (Wildman–Crippen MR) is 109 cm³/mol. The van der Waals surface area contributed by atoms with Crippen LogP contribution in [0, 0.1) is 0 Å². The van der Waals surface area contributed by atoms with Crippen LogP contribution in [-0.2, 0) is 6.61 Å². The number of aromatic nitrogens is 2. The Morgan fingerprint density at radius 2 is 1.48 bits per heavy atom. The van der Waals surface area contributed by atoms with Gasteiger partial charge in [-0.1, -0.05) is 72.8 Å². The maximum Gasteiger partial charge on any atom is 0.141 e.